The summed E-state index contributed by atoms with van der Waals surface area (Å²) in [5, 5.41) is 19.9. The Morgan fingerprint density at radius 3 is 2.55 bits per heavy atom. The third kappa shape index (κ3) is 3.57. The first-order valence-corrected chi connectivity index (χ1v) is 7.25. The number of rotatable bonds is 6. The molecule has 0 aliphatic carbocycles. The highest BCUT2D eigenvalue weighted by molar-refractivity contribution is 5.48. The first-order valence-electron chi connectivity index (χ1n) is 7.25. The number of nitriles is 1. The van der Waals surface area contributed by atoms with Crippen LogP contribution in [-0.4, -0.2) is 23.7 Å². The highest BCUT2D eigenvalue weighted by Gasteiger charge is 2.22. The molecule has 1 atom stereocenters. The molecule has 1 N–H and O–H groups in total. The maximum Gasteiger partial charge on any atom is 0.163 e. The molecule has 0 aliphatic heterocycles. The zero-order valence-corrected chi connectivity index (χ0v) is 12.9. The Bertz CT molecular complexity index is 650. The summed E-state index contributed by atoms with van der Waals surface area (Å²) in [7, 11) is 1.87. The average Bonchev–Trinajstić information content (AvgIpc) is 2.53. The Morgan fingerprint density at radius 2 is 1.91 bits per heavy atom. The molecule has 0 aliphatic rings. The van der Waals surface area contributed by atoms with Crippen LogP contribution in [0.5, 0.6) is 11.5 Å². The monoisotopic (exact) mass is 296 g/mol. The normalized spacial score (nSPS) is 11.9. The summed E-state index contributed by atoms with van der Waals surface area (Å²) in [5.41, 5.74) is 1.68. The van der Waals surface area contributed by atoms with Crippen molar-refractivity contribution in [1.29, 1.82) is 5.26 Å². The van der Waals surface area contributed by atoms with E-state index in [9.17, 15) is 10.4 Å². The van der Waals surface area contributed by atoms with Crippen LogP contribution in [0.25, 0.3) is 0 Å². The predicted octanol–water partition coefficient (Wildman–Crippen LogP) is 3.49. The highest BCUT2D eigenvalue weighted by Crippen LogP contribution is 2.35. The Labute approximate surface area is 131 Å². The number of hydrogen-bond donors (Lipinski definition) is 1. The Kier molecular flexibility index (Phi) is 5.40. The molecule has 2 rings (SSSR count). The van der Waals surface area contributed by atoms with E-state index < -0.39 is 6.04 Å². The van der Waals surface area contributed by atoms with Crippen molar-refractivity contribution >= 4 is 0 Å². The van der Waals surface area contributed by atoms with E-state index in [4.69, 9.17) is 4.74 Å². The van der Waals surface area contributed by atoms with Gasteiger partial charge in [0.1, 0.15) is 6.04 Å². The number of hydrogen-bond acceptors (Lipinski definition) is 4. The molecule has 0 amide bonds. The van der Waals surface area contributed by atoms with Crippen LogP contribution in [0.1, 0.15) is 24.1 Å². The first-order chi connectivity index (χ1) is 10.7. The quantitative estimate of drug-likeness (QED) is 0.886. The lowest BCUT2D eigenvalue weighted by Gasteiger charge is -2.24. The van der Waals surface area contributed by atoms with E-state index in [2.05, 4.69) is 6.07 Å². The molecule has 0 saturated carbocycles. The van der Waals surface area contributed by atoms with Gasteiger partial charge in [-0.05, 0) is 25.6 Å². The van der Waals surface area contributed by atoms with Gasteiger partial charge < -0.3 is 9.84 Å². The molecular formula is C18H20N2O2. The summed E-state index contributed by atoms with van der Waals surface area (Å²) in [5.74, 6) is 0.448. The molecule has 4 heteroatoms. The van der Waals surface area contributed by atoms with E-state index >= 15 is 0 Å². The fraction of sp³-hybridized carbons (Fsp3) is 0.278. The molecule has 22 heavy (non-hydrogen) atoms. The molecule has 0 bridgehead atoms. The summed E-state index contributed by atoms with van der Waals surface area (Å²) < 4.78 is 5.39. The second kappa shape index (κ2) is 7.48. The molecule has 1 unspecified atom stereocenters. The van der Waals surface area contributed by atoms with Crippen molar-refractivity contribution in [2.75, 3.05) is 13.7 Å². The van der Waals surface area contributed by atoms with Gasteiger partial charge in [-0.25, -0.2) is 0 Å². The molecule has 4 nitrogen and oxygen atoms in total. The van der Waals surface area contributed by atoms with Crippen LogP contribution in [0.4, 0.5) is 0 Å². The maximum atomic E-state index is 10.3. The van der Waals surface area contributed by atoms with E-state index in [1.54, 1.807) is 18.2 Å². The number of phenols is 1. The van der Waals surface area contributed by atoms with Crippen molar-refractivity contribution in [3.63, 3.8) is 0 Å². The van der Waals surface area contributed by atoms with Crippen LogP contribution >= 0.6 is 0 Å². The molecule has 114 valence electrons. The Hall–Kier alpha value is -2.51. The summed E-state index contributed by atoms with van der Waals surface area (Å²) >= 11 is 0. The number of para-hydroxylation sites is 1. The van der Waals surface area contributed by atoms with Crippen molar-refractivity contribution < 1.29 is 9.84 Å². The van der Waals surface area contributed by atoms with E-state index in [0.29, 0.717) is 24.5 Å². The molecule has 2 aromatic rings. The van der Waals surface area contributed by atoms with Crippen LogP contribution in [0.2, 0.25) is 0 Å². The van der Waals surface area contributed by atoms with Crippen molar-refractivity contribution in [2.24, 2.45) is 0 Å². The lowest BCUT2D eigenvalue weighted by molar-refractivity contribution is 0.271. The topological polar surface area (TPSA) is 56.5 Å². The number of benzene rings is 2. The van der Waals surface area contributed by atoms with E-state index in [0.717, 1.165) is 5.56 Å². The van der Waals surface area contributed by atoms with Crippen molar-refractivity contribution in [3.05, 3.63) is 59.7 Å². The summed E-state index contributed by atoms with van der Waals surface area (Å²) in [4.78, 5) is 1.90. The summed E-state index contributed by atoms with van der Waals surface area (Å²) in [6.07, 6.45) is 0. The predicted molar refractivity (Wildman–Crippen MR) is 85.5 cm³/mol. The van der Waals surface area contributed by atoms with Crippen LogP contribution in [0.15, 0.2) is 48.5 Å². The number of ether oxygens (including phenoxy) is 1. The molecular weight excluding hydrogens is 276 g/mol. The van der Waals surface area contributed by atoms with Gasteiger partial charge in [-0.3, -0.25) is 4.90 Å². The van der Waals surface area contributed by atoms with Gasteiger partial charge in [0.05, 0.1) is 12.7 Å². The van der Waals surface area contributed by atoms with Crippen LogP contribution in [0, 0.1) is 11.3 Å². The molecule has 0 saturated heterocycles. The number of phenolic OH excluding ortho intramolecular Hbond substituents is 1. The molecule has 0 fully saturated rings. The SMILES string of the molecule is CCOc1cccc(C(C#N)N(C)Cc2ccccc2)c1O. The minimum atomic E-state index is -0.541. The maximum absolute atomic E-state index is 10.3. The molecule has 0 radical (unpaired) electrons. The Balaban J connectivity index is 2.25. The van der Waals surface area contributed by atoms with Crippen LogP contribution in [0.3, 0.4) is 0 Å². The zero-order chi connectivity index (χ0) is 15.9. The first kappa shape index (κ1) is 15.9. The van der Waals surface area contributed by atoms with Gasteiger partial charge in [0.2, 0.25) is 0 Å². The summed E-state index contributed by atoms with van der Waals surface area (Å²) in [6, 6.07) is 16.9. The fourth-order valence-electron chi connectivity index (χ4n) is 2.40. The lowest BCUT2D eigenvalue weighted by Crippen LogP contribution is -2.23. The van der Waals surface area contributed by atoms with E-state index in [-0.39, 0.29) is 5.75 Å². The van der Waals surface area contributed by atoms with Gasteiger partial charge in [0.15, 0.2) is 11.5 Å². The van der Waals surface area contributed by atoms with Crippen molar-refractivity contribution in [2.45, 2.75) is 19.5 Å². The second-order valence-electron chi connectivity index (χ2n) is 5.06. The third-order valence-corrected chi connectivity index (χ3v) is 3.46. The third-order valence-electron chi connectivity index (χ3n) is 3.46. The number of nitrogens with zero attached hydrogens (tertiary/aromatic N) is 2. The van der Waals surface area contributed by atoms with Gasteiger partial charge in [0, 0.05) is 12.1 Å². The van der Waals surface area contributed by atoms with Gasteiger partial charge >= 0.3 is 0 Å². The van der Waals surface area contributed by atoms with E-state index in [1.807, 2.05) is 49.2 Å². The van der Waals surface area contributed by atoms with Gasteiger partial charge in [0.25, 0.3) is 0 Å². The lowest BCUT2D eigenvalue weighted by atomic mass is 10.0. The minimum Gasteiger partial charge on any atom is -0.504 e. The fourth-order valence-corrected chi connectivity index (χ4v) is 2.40. The van der Waals surface area contributed by atoms with Crippen molar-refractivity contribution in [3.8, 4) is 17.6 Å². The minimum absolute atomic E-state index is 0.0378. The second-order valence-corrected chi connectivity index (χ2v) is 5.06. The summed E-state index contributed by atoms with van der Waals surface area (Å²) in [6.45, 7) is 2.95. The Morgan fingerprint density at radius 1 is 1.18 bits per heavy atom. The van der Waals surface area contributed by atoms with Crippen LogP contribution < -0.4 is 4.74 Å². The van der Waals surface area contributed by atoms with Gasteiger partial charge in [-0.1, -0.05) is 42.5 Å². The van der Waals surface area contributed by atoms with Crippen molar-refractivity contribution in [1.82, 2.24) is 4.90 Å². The standard InChI is InChI=1S/C18H20N2O2/c1-3-22-17-11-7-10-15(18(17)21)16(12-19)20(2)13-14-8-5-4-6-9-14/h4-11,16,21H,3,13H2,1-2H3. The molecule has 2 aromatic carbocycles. The molecule has 0 aromatic heterocycles. The highest BCUT2D eigenvalue weighted by atomic mass is 16.5. The molecule has 0 heterocycles. The van der Waals surface area contributed by atoms with Crippen LogP contribution in [-0.2, 0) is 6.54 Å². The smallest absolute Gasteiger partial charge is 0.163 e. The van der Waals surface area contributed by atoms with Gasteiger partial charge in [-0.15, -0.1) is 0 Å². The largest absolute Gasteiger partial charge is 0.504 e. The average molecular weight is 296 g/mol. The zero-order valence-electron chi connectivity index (χ0n) is 12.9. The van der Waals surface area contributed by atoms with Gasteiger partial charge in [-0.2, -0.15) is 5.26 Å². The van der Waals surface area contributed by atoms with E-state index in [1.165, 1.54) is 0 Å². The molecule has 0 spiro atoms. The number of aromatic hydroxyl groups is 1.